The van der Waals surface area contributed by atoms with E-state index >= 15 is 0 Å². The van der Waals surface area contributed by atoms with E-state index in [0.29, 0.717) is 17.8 Å². The van der Waals surface area contributed by atoms with Gasteiger partial charge in [0.1, 0.15) is 0 Å². The molecule has 12 heavy (non-hydrogen) atoms. The van der Waals surface area contributed by atoms with Crippen LogP contribution in [-0.2, 0) is 9.84 Å². The molecular weight excluding hydrogens is 172 g/mol. The van der Waals surface area contributed by atoms with Crippen molar-refractivity contribution in [3.8, 4) is 0 Å². The smallest absolute Gasteiger partial charge is 0.150 e. The van der Waals surface area contributed by atoms with Crippen molar-refractivity contribution in [3.05, 3.63) is 0 Å². The Morgan fingerprint density at radius 1 is 1.17 bits per heavy atom. The Kier molecular flexibility index (Phi) is 1.76. The molecule has 0 aliphatic heterocycles. The second-order valence-electron chi connectivity index (χ2n) is 4.49. The Morgan fingerprint density at radius 3 is 2.08 bits per heavy atom. The van der Waals surface area contributed by atoms with Crippen molar-refractivity contribution >= 4 is 9.84 Å². The third-order valence-corrected chi connectivity index (χ3v) is 5.54. The van der Waals surface area contributed by atoms with Crippen LogP contribution in [-0.4, -0.2) is 19.9 Å². The molecule has 0 saturated heterocycles. The number of sulfone groups is 1. The SMILES string of the molecule is CC1C2CCC(C2)C1S(C)(=O)=O. The van der Waals surface area contributed by atoms with E-state index in [9.17, 15) is 8.42 Å². The molecule has 2 saturated carbocycles. The molecule has 2 nitrogen and oxygen atoms in total. The van der Waals surface area contributed by atoms with Gasteiger partial charge in [-0.3, -0.25) is 0 Å². The van der Waals surface area contributed by atoms with E-state index in [-0.39, 0.29) is 5.25 Å². The molecule has 0 aromatic carbocycles. The predicted molar refractivity (Wildman–Crippen MR) is 48.6 cm³/mol. The summed E-state index contributed by atoms with van der Waals surface area (Å²) in [6, 6.07) is 0. The van der Waals surface area contributed by atoms with E-state index in [1.807, 2.05) is 0 Å². The van der Waals surface area contributed by atoms with Crippen molar-refractivity contribution in [2.24, 2.45) is 17.8 Å². The van der Waals surface area contributed by atoms with E-state index in [0.717, 1.165) is 6.42 Å². The van der Waals surface area contributed by atoms with Crippen LogP contribution in [0.2, 0.25) is 0 Å². The van der Waals surface area contributed by atoms with Gasteiger partial charge in [-0.25, -0.2) is 8.42 Å². The summed E-state index contributed by atoms with van der Waals surface area (Å²) in [5.41, 5.74) is 0. The first-order valence-electron chi connectivity index (χ1n) is 4.69. The summed E-state index contributed by atoms with van der Waals surface area (Å²) in [6.07, 6.45) is 4.97. The van der Waals surface area contributed by atoms with E-state index in [4.69, 9.17) is 0 Å². The minimum atomic E-state index is -2.78. The first kappa shape index (κ1) is 8.54. The standard InChI is InChI=1S/C9H16O2S/c1-6-7-3-4-8(5-7)9(6)12(2,10)11/h6-9H,3-5H2,1-2H3. The summed E-state index contributed by atoms with van der Waals surface area (Å²) in [4.78, 5) is 0. The molecule has 0 N–H and O–H groups in total. The van der Waals surface area contributed by atoms with Crippen LogP contribution in [0.15, 0.2) is 0 Å². The average Bonchev–Trinajstić information content (AvgIpc) is 2.42. The molecule has 0 aromatic rings. The summed E-state index contributed by atoms with van der Waals surface area (Å²) in [6.45, 7) is 2.11. The molecule has 4 atom stereocenters. The minimum Gasteiger partial charge on any atom is -0.229 e. The van der Waals surface area contributed by atoms with Crippen molar-refractivity contribution in [1.29, 1.82) is 0 Å². The maximum absolute atomic E-state index is 11.4. The van der Waals surface area contributed by atoms with E-state index < -0.39 is 9.84 Å². The van der Waals surface area contributed by atoms with Crippen molar-refractivity contribution in [1.82, 2.24) is 0 Å². The Morgan fingerprint density at radius 2 is 1.75 bits per heavy atom. The molecular formula is C9H16O2S. The highest BCUT2D eigenvalue weighted by Crippen LogP contribution is 2.50. The maximum atomic E-state index is 11.4. The zero-order valence-corrected chi connectivity index (χ0v) is 8.47. The van der Waals surface area contributed by atoms with Crippen LogP contribution in [0.1, 0.15) is 26.2 Å². The Balaban J connectivity index is 2.29. The minimum absolute atomic E-state index is 0.0174. The van der Waals surface area contributed by atoms with Crippen LogP contribution >= 0.6 is 0 Å². The Hall–Kier alpha value is -0.0500. The summed E-state index contributed by atoms with van der Waals surface area (Å²) in [7, 11) is -2.78. The van der Waals surface area contributed by atoms with Gasteiger partial charge in [0.2, 0.25) is 0 Å². The highest BCUT2D eigenvalue weighted by atomic mass is 32.2. The van der Waals surface area contributed by atoms with Gasteiger partial charge in [0, 0.05) is 6.26 Å². The van der Waals surface area contributed by atoms with Crippen molar-refractivity contribution in [3.63, 3.8) is 0 Å². The lowest BCUT2D eigenvalue weighted by Gasteiger charge is -2.26. The molecule has 0 spiro atoms. The van der Waals surface area contributed by atoms with E-state index in [2.05, 4.69) is 6.92 Å². The molecule has 2 aliphatic carbocycles. The molecule has 2 aliphatic rings. The first-order valence-corrected chi connectivity index (χ1v) is 6.64. The van der Waals surface area contributed by atoms with Gasteiger partial charge >= 0.3 is 0 Å². The molecule has 3 heteroatoms. The Labute approximate surface area is 74.3 Å². The average molecular weight is 188 g/mol. The first-order chi connectivity index (χ1) is 5.50. The molecule has 70 valence electrons. The number of rotatable bonds is 1. The van der Waals surface area contributed by atoms with E-state index in [1.54, 1.807) is 0 Å². The van der Waals surface area contributed by atoms with Gasteiger partial charge in [0.25, 0.3) is 0 Å². The predicted octanol–water partition coefficient (Wildman–Crippen LogP) is 1.47. The van der Waals surface area contributed by atoms with Crippen LogP contribution in [0.5, 0.6) is 0 Å². The second kappa shape index (κ2) is 2.47. The fourth-order valence-electron chi connectivity index (χ4n) is 3.27. The van der Waals surface area contributed by atoms with Crippen molar-refractivity contribution < 1.29 is 8.42 Å². The van der Waals surface area contributed by atoms with Gasteiger partial charge in [-0.2, -0.15) is 0 Å². The van der Waals surface area contributed by atoms with Gasteiger partial charge in [0.15, 0.2) is 9.84 Å². The summed E-state index contributed by atoms with van der Waals surface area (Å²) in [5.74, 6) is 1.61. The third-order valence-electron chi connectivity index (χ3n) is 3.73. The second-order valence-corrected chi connectivity index (χ2v) is 6.69. The molecule has 4 unspecified atom stereocenters. The summed E-state index contributed by atoms with van der Waals surface area (Å²) in [5, 5.41) is -0.0174. The monoisotopic (exact) mass is 188 g/mol. The van der Waals surface area contributed by atoms with Crippen LogP contribution < -0.4 is 0 Å². The fourth-order valence-corrected chi connectivity index (χ4v) is 5.21. The quantitative estimate of drug-likeness (QED) is 0.624. The topological polar surface area (TPSA) is 34.1 Å². The third kappa shape index (κ3) is 1.10. The lowest BCUT2D eigenvalue weighted by atomic mass is 9.90. The maximum Gasteiger partial charge on any atom is 0.150 e. The van der Waals surface area contributed by atoms with Gasteiger partial charge in [0.05, 0.1) is 5.25 Å². The molecule has 0 heterocycles. The van der Waals surface area contributed by atoms with Gasteiger partial charge in [-0.15, -0.1) is 0 Å². The van der Waals surface area contributed by atoms with Gasteiger partial charge < -0.3 is 0 Å². The molecule has 0 amide bonds. The summed E-state index contributed by atoms with van der Waals surface area (Å²) >= 11 is 0. The number of hydrogen-bond acceptors (Lipinski definition) is 2. The van der Waals surface area contributed by atoms with E-state index in [1.165, 1.54) is 19.1 Å². The van der Waals surface area contributed by atoms with Crippen LogP contribution in [0.25, 0.3) is 0 Å². The molecule has 2 rings (SSSR count). The zero-order valence-electron chi connectivity index (χ0n) is 7.66. The van der Waals surface area contributed by atoms with Crippen LogP contribution in [0, 0.1) is 17.8 Å². The van der Waals surface area contributed by atoms with Gasteiger partial charge in [-0.05, 0) is 37.0 Å². The highest BCUT2D eigenvalue weighted by molar-refractivity contribution is 7.91. The molecule has 0 aromatic heterocycles. The number of fused-ring (bicyclic) bond motifs is 2. The zero-order chi connectivity index (χ0) is 8.93. The number of hydrogen-bond donors (Lipinski definition) is 0. The lowest BCUT2D eigenvalue weighted by Crippen LogP contribution is -2.32. The van der Waals surface area contributed by atoms with Crippen LogP contribution in [0.4, 0.5) is 0 Å². The van der Waals surface area contributed by atoms with Gasteiger partial charge in [-0.1, -0.05) is 6.92 Å². The molecule has 2 fully saturated rings. The highest BCUT2D eigenvalue weighted by Gasteiger charge is 2.49. The Bertz CT molecular complexity index is 279. The fraction of sp³-hybridized carbons (Fsp3) is 1.00. The van der Waals surface area contributed by atoms with Crippen LogP contribution in [0.3, 0.4) is 0 Å². The van der Waals surface area contributed by atoms with Crippen molar-refractivity contribution in [2.75, 3.05) is 6.26 Å². The molecule has 2 bridgehead atoms. The largest absolute Gasteiger partial charge is 0.229 e. The lowest BCUT2D eigenvalue weighted by molar-refractivity contribution is 0.359. The van der Waals surface area contributed by atoms with Crippen molar-refractivity contribution in [2.45, 2.75) is 31.4 Å². The summed E-state index contributed by atoms with van der Waals surface area (Å²) < 4.78 is 22.9. The molecule has 0 radical (unpaired) electrons. The normalized spacial score (nSPS) is 46.8.